The Labute approximate surface area is 169 Å². The molecular weight excluding hydrogens is 374 g/mol. The van der Waals surface area contributed by atoms with Crippen LogP contribution in [0.15, 0.2) is 36.4 Å². The van der Waals surface area contributed by atoms with Crippen LogP contribution in [0.3, 0.4) is 0 Å². The topological polar surface area (TPSA) is 56.1 Å². The van der Waals surface area contributed by atoms with Gasteiger partial charge in [-0.1, -0.05) is 17.4 Å². The molecule has 0 saturated heterocycles. The van der Waals surface area contributed by atoms with E-state index in [4.69, 9.17) is 14.5 Å². The Morgan fingerprint density at radius 2 is 1.79 bits per heavy atom. The van der Waals surface area contributed by atoms with Gasteiger partial charge < -0.3 is 14.4 Å². The Morgan fingerprint density at radius 3 is 2.39 bits per heavy atom. The summed E-state index contributed by atoms with van der Waals surface area (Å²) in [6, 6.07) is 11.4. The quantitative estimate of drug-likeness (QED) is 0.662. The maximum absolute atomic E-state index is 13.4. The molecule has 1 amide bonds. The second kappa shape index (κ2) is 8.58. The third-order valence-corrected chi connectivity index (χ3v) is 5.48. The molecule has 0 saturated carbocycles. The number of quaternary nitrogens is 1. The van der Waals surface area contributed by atoms with Gasteiger partial charge >= 0.3 is 0 Å². The van der Waals surface area contributed by atoms with Crippen LogP contribution in [0.4, 0.5) is 5.13 Å². The lowest BCUT2D eigenvalue weighted by Crippen LogP contribution is -3.06. The molecular formula is C21H26N3O3S+. The van der Waals surface area contributed by atoms with Gasteiger partial charge in [0.15, 0.2) is 5.13 Å². The number of ether oxygens (including phenoxy) is 2. The zero-order valence-electron chi connectivity index (χ0n) is 16.9. The van der Waals surface area contributed by atoms with Crippen molar-refractivity contribution in [3.8, 4) is 11.5 Å². The van der Waals surface area contributed by atoms with Crippen molar-refractivity contribution in [2.75, 3.05) is 46.3 Å². The summed E-state index contributed by atoms with van der Waals surface area (Å²) in [5, 5.41) is 0.702. The highest BCUT2D eigenvalue weighted by atomic mass is 32.1. The standard InChI is InChI=1S/C21H25N3O3S/c1-14-6-7-18-19(10-14)28-21(22-18)24(9-8-23(2)3)20(25)15-11-16(26-4)13-17(12-15)27-5/h6-7,10-13H,8-9H2,1-5H3/p+1. The van der Waals surface area contributed by atoms with E-state index in [0.717, 1.165) is 16.8 Å². The maximum Gasteiger partial charge on any atom is 0.260 e. The molecule has 0 unspecified atom stereocenters. The van der Waals surface area contributed by atoms with E-state index in [2.05, 4.69) is 27.1 Å². The summed E-state index contributed by atoms with van der Waals surface area (Å²) in [5.41, 5.74) is 2.60. The fourth-order valence-corrected chi connectivity index (χ4v) is 3.93. The van der Waals surface area contributed by atoms with E-state index in [1.807, 2.05) is 12.1 Å². The minimum Gasteiger partial charge on any atom is -0.497 e. The van der Waals surface area contributed by atoms with Crippen LogP contribution in [0, 0.1) is 6.92 Å². The molecule has 0 fully saturated rings. The van der Waals surface area contributed by atoms with Crippen molar-refractivity contribution in [1.82, 2.24) is 4.98 Å². The SMILES string of the molecule is COc1cc(OC)cc(C(=O)N(CC[NH+](C)C)c2nc3ccc(C)cc3s2)c1. The van der Waals surface area contributed by atoms with Gasteiger partial charge in [0.2, 0.25) is 0 Å². The first-order valence-corrected chi connectivity index (χ1v) is 9.94. The van der Waals surface area contributed by atoms with Gasteiger partial charge in [-0.2, -0.15) is 0 Å². The average molecular weight is 401 g/mol. The number of benzene rings is 2. The van der Waals surface area contributed by atoms with Gasteiger partial charge in [0.25, 0.3) is 5.91 Å². The summed E-state index contributed by atoms with van der Waals surface area (Å²) in [7, 11) is 7.29. The lowest BCUT2D eigenvalue weighted by atomic mass is 10.1. The van der Waals surface area contributed by atoms with Crippen molar-refractivity contribution < 1.29 is 19.2 Å². The highest BCUT2D eigenvalue weighted by Crippen LogP contribution is 2.31. The number of likely N-dealkylation sites (N-methyl/N-ethyl adjacent to an activating group) is 1. The summed E-state index contributed by atoms with van der Waals surface area (Å²) in [5.74, 6) is 1.05. The molecule has 7 heteroatoms. The fourth-order valence-electron chi connectivity index (χ4n) is 2.84. The number of rotatable bonds is 7. The fraction of sp³-hybridized carbons (Fsp3) is 0.333. The molecule has 148 valence electrons. The molecule has 1 N–H and O–H groups in total. The molecule has 0 bridgehead atoms. The number of carbonyl (C=O) groups excluding carboxylic acids is 1. The summed E-state index contributed by atoms with van der Waals surface area (Å²) < 4.78 is 11.7. The van der Waals surface area contributed by atoms with Crippen molar-refractivity contribution in [2.45, 2.75) is 6.92 Å². The average Bonchev–Trinajstić information content (AvgIpc) is 3.09. The predicted octanol–water partition coefficient (Wildman–Crippen LogP) is 2.41. The number of thiazole rings is 1. The lowest BCUT2D eigenvalue weighted by Gasteiger charge is -2.21. The van der Waals surface area contributed by atoms with E-state index in [1.165, 1.54) is 21.8 Å². The van der Waals surface area contributed by atoms with E-state index in [0.29, 0.717) is 28.7 Å². The van der Waals surface area contributed by atoms with Crippen LogP contribution in [-0.2, 0) is 0 Å². The van der Waals surface area contributed by atoms with Crippen LogP contribution in [0.5, 0.6) is 11.5 Å². The highest BCUT2D eigenvalue weighted by Gasteiger charge is 2.23. The zero-order chi connectivity index (χ0) is 20.3. The number of nitrogens with zero attached hydrogens (tertiary/aromatic N) is 2. The summed E-state index contributed by atoms with van der Waals surface area (Å²) in [4.78, 5) is 21.1. The molecule has 0 aliphatic rings. The minimum atomic E-state index is -0.116. The molecule has 0 aliphatic carbocycles. The van der Waals surface area contributed by atoms with Crippen LogP contribution in [0.2, 0.25) is 0 Å². The number of hydrogen-bond donors (Lipinski definition) is 1. The van der Waals surface area contributed by atoms with Gasteiger partial charge in [0, 0.05) is 11.6 Å². The smallest absolute Gasteiger partial charge is 0.260 e. The monoisotopic (exact) mass is 400 g/mol. The molecule has 1 heterocycles. The van der Waals surface area contributed by atoms with Gasteiger partial charge in [-0.25, -0.2) is 4.98 Å². The molecule has 3 rings (SSSR count). The summed E-state index contributed by atoms with van der Waals surface area (Å²) in [6.45, 7) is 3.43. The first kappa shape index (κ1) is 20.1. The molecule has 0 spiro atoms. The Hall–Kier alpha value is -2.64. The van der Waals surface area contributed by atoms with Crippen LogP contribution in [0.25, 0.3) is 10.2 Å². The molecule has 0 aliphatic heterocycles. The molecule has 6 nitrogen and oxygen atoms in total. The van der Waals surface area contributed by atoms with Gasteiger partial charge in [0.05, 0.1) is 51.6 Å². The van der Waals surface area contributed by atoms with Crippen molar-refractivity contribution in [2.24, 2.45) is 0 Å². The van der Waals surface area contributed by atoms with Crippen LogP contribution in [0.1, 0.15) is 15.9 Å². The second-order valence-corrected chi connectivity index (χ2v) is 7.99. The number of fused-ring (bicyclic) bond motifs is 1. The number of methoxy groups -OCH3 is 2. The number of amides is 1. The number of hydrogen-bond acceptors (Lipinski definition) is 5. The van der Waals surface area contributed by atoms with E-state index >= 15 is 0 Å². The zero-order valence-corrected chi connectivity index (χ0v) is 17.7. The van der Waals surface area contributed by atoms with Crippen molar-refractivity contribution in [1.29, 1.82) is 0 Å². The van der Waals surface area contributed by atoms with E-state index in [-0.39, 0.29) is 5.91 Å². The van der Waals surface area contributed by atoms with Gasteiger partial charge in [0.1, 0.15) is 11.5 Å². The minimum absolute atomic E-state index is 0.116. The number of nitrogens with one attached hydrogen (secondary N) is 1. The number of aromatic nitrogens is 1. The summed E-state index contributed by atoms with van der Waals surface area (Å²) in [6.07, 6.45) is 0. The Balaban J connectivity index is 2.02. The van der Waals surface area contributed by atoms with Crippen LogP contribution < -0.4 is 19.3 Å². The predicted molar refractivity (Wildman–Crippen MR) is 113 cm³/mol. The number of anilines is 1. The molecule has 3 aromatic rings. The number of aryl methyl sites for hydroxylation is 1. The first-order valence-electron chi connectivity index (χ1n) is 9.12. The molecule has 28 heavy (non-hydrogen) atoms. The normalized spacial score (nSPS) is 11.1. The first-order chi connectivity index (χ1) is 13.4. The van der Waals surface area contributed by atoms with Crippen LogP contribution >= 0.6 is 11.3 Å². The molecule has 1 aromatic heterocycles. The van der Waals surface area contributed by atoms with Crippen molar-refractivity contribution in [3.63, 3.8) is 0 Å². The molecule has 0 atom stereocenters. The third kappa shape index (κ3) is 4.43. The Kier molecular flexibility index (Phi) is 6.16. The van der Waals surface area contributed by atoms with Crippen molar-refractivity contribution in [3.05, 3.63) is 47.5 Å². The van der Waals surface area contributed by atoms with Crippen molar-refractivity contribution >= 4 is 32.6 Å². The van der Waals surface area contributed by atoms with E-state index in [1.54, 1.807) is 37.3 Å². The highest BCUT2D eigenvalue weighted by molar-refractivity contribution is 7.22. The Morgan fingerprint density at radius 1 is 1.11 bits per heavy atom. The maximum atomic E-state index is 13.4. The third-order valence-electron chi connectivity index (χ3n) is 4.44. The summed E-state index contributed by atoms with van der Waals surface area (Å²) >= 11 is 1.54. The van der Waals surface area contributed by atoms with Gasteiger partial charge in [-0.15, -0.1) is 0 Å². The second-order valence-electron chi connectivity index (χ2n) is 6.98. The van der Waals surface area contributed by atoms with E-state index in [9.17, 15) is 4.79 Å². The molecule has 0 radical (unpaired) electrons. The number of carbonyl (C=O) groups is 1. The lowest BCUT2D eigenvalue weighted by molar-refractivity contribution is -0.856. The van der Waals surface area contributed by atoms with Crippen LogP contribution in [-0.4, -0.2) is 52.3 Å². The largest absolute Gasteiger partial charge is 0.497 e. The van der Waals surface area contributed by atoms with Gasteiger partial charge in [-0.05, 0) is 36.8 Å². The molecule has 2 aromatic carbocycles. The van der Waals surface area contributed by atoms with Gasteiger partial charge in [-0.3, -0.25) is 9.69 Å². The Bertz CT molecular complexity index is 962. The van der Waals surface area contributed by atoms with E-state index < -0.39 is 0 Å².